The van der Waals surface area contributed by atoms with Gasteiger partial charge in [0.2, 0.25) is 0 Å². The normalized spacial score (nSPS) is 17.9. The fraction of sp³-hybridized carbons (Fsp3) is 0.533. The molecule has 0 bridgehead atoms. The SMILES string of the molecule is CC(C)N1CCN(CC(=O)c2ccccc2Cl)CC1. The van der Waals surface area contributed by atoms with E-state index >= 15 is 0 Å². The molecule has 0 atom stereocenters. The Balaban J connectivity index is 1.89. The number of benzene rings is 1. The van der Waals surface area contributed by atoms with E-state index in [0.29, 0.717) is 23.2 Å². The Morgan fingerprint density at radius 2 is 1.84 bits per heavy atom. The van der Waals surface area contributed by atoms with E-state index < -0.39 is 0 Å². The average molecular weight is 281 g/mol. The number of rotatable bonds is 4. The average Bonchev–Trinajstić information content (AvgIpc) is 2.39. The van der Waals surface area contributed by atoms with Crippen LogP contribution in [0.1, 0.15) is 24.2 Å². The van der Waals surface area contributed by atoms with E-state index in [9.17, 15) is 4.79 Å². The van der Waals surface area contributed by atoms with Gasteiger partial charge in [-0.2, -0.15) is 0 Å². The maximum atomic E-state index is 12.2. The molecule has 19 heavy (non-hydrogen) atoms. The van der Waals surface area contributed by atoms with Crippen LogP contribution in [0.2, 0.25) is 5.02 Å². The molecule has 2 rings (SSSR count). The van der Waals surface area contributed by atoms with Gasteiger partial charge in [0.15, 0.2) is 5.78 Å². The van der Waals surface area contributed by atoms with Crippen LogP contribution in [0.3, 0.4) is 0 Å². The molecule has 1 aromatic carbocycles. The van der Waals surface area contributed by atoms with Crippen molar-refractivity contribution >= 4 is 17.4 Å². The van der Waals surface area contributed by atoms with Gasteiger partial charge in [0.25, 0.3) is 0 Å². The zero-order valence-corrected chi connectivity index (χ0v) is 12.4. The highest BCUT2D eigenvalue weighted by Gasteiger charge is 2.21. The van der Waals surface area contributed by atoms with Crippen molar-refractivity contribution in [3.8, 4) is 0 Å². The Labute approximate surface area is 120 Å². The van der Waals surface area contributed by atoms with Gasteiger partial charge >= 0.3 is 0 Å². The minimum atomic E-state index is 0.114. The number of carbonyl (C=O) groups excluding carboxylic acids is 1. The van der Waals surface area contributed by atoms with Crippen LogP contribution in [0.5, 0.6) is 0 Å². The second kappa shape index (κ2) is 6.51. The van der Waals surface area contributed by atoms with Gasteiger partial charge in [-0.25, -0.2) is 0 Å². The van der Waals surface area contributed by atoms with Gasteiger partial charge in [-0.1, -0.05) is 23.7 Å². The zero-order valence-electron chi connectivity index (χ0n) is 11.6. The van der Waals surface area contributed by atoms with E-state index in [1.807, 2.05) is 12.1 Å². The summed E-state index contributed by atoms with van der Waals surface area (Å²) in [6.07, 6.45) is 0. The van der Waals surface area contributed by atoms with Gasteiger partial charge in [0.05, 0.1) is 11.6 Å². The molecule has 1 fully saturated rings. The minimum Gasteiger partial charge on any atom is -0.298 e. The predicted molar refractivity (Wildman–Crippen MR) is 78.9 cm³/mol. The lowest BCUT2D eigenvalue weighted by molar-refractivity contribution is 0.0807. The van der Waals surface area contributed by atoms with Crippen LogP contribution in [-0.4, -0.2) is 54.3 Å². The van der Waals surface area contributed by atoms with Crippen LogP contribution >= 0.6 is 11.6 Å². The van der Waals surface area contributed by atoms with E-state index in [0.717, 1.165) is 26.2 Å². The van der Waals surface area contributed by atoms with Crippen molar-refractivity contribution in [2.45, 2.75) is 19.9 Å². The van der Waals surface area contributed by atoms with Crippen molar-refractivity contribution in [1.29, 1.82) is 0 Å². The molecule has 1 aliphatic heterocycles. The van der Waals surface area contributed by atoms with Crippen molar-refractivity contribution < 1.29 is 4.79 Å². The molecule has 0 unspecified atom stereocenters. The molecule has 0 N–H and O–H groups in total. The molecular weight excluding hydrogens is 260 g/mol. The van der Waals surface area contributed by atoms with Crippen molar-refractivity contribution in [3.05, 3.63) is 34.9 Å². The maximum absolute atomic E-state index is 12.2. The quantitative estimate of drug-likeness (QED) is 0.792. The van der Waals surface area contributed by atoms with E-state index in [1.54, 1.807) is 12.1 Å². The van der Waals surface area contributed by atoms with Gasteiger partial charge in [-0.3, -0.25) is 14.6 Å². The summed E-state index contributed by atoms with van der Waals surface area (Å²) in [7, 11) is 0. The number of Topliss-reactive ketones (excluding diaryl/α,β-unsaturated/α-hetero) is 1. The summed E-state index contributed by atoms with van der Waals surface area (Å²) in [5.74, 6) is 0.114. The monoisotopic (exact) mass is 280 g/mol. The first-order valence-corrected chi connectivity index (χ1v) is 7.20. The highest BCUT2D eigenvalue weighted by atomic mass is 35.5. The minimum absolute atomic E-state index is 0.114. The number of hydrogen-bond acceptors (Lipinski definition) is 3. The molecule has 0 saturated carbocycles. The molecular formula is C15H21ClN2O. The molecule has 0 aliphatic carbocycles. The number of carbonyl (C=O) groups is 1. The third-order valence-electron chi connectivity index (χ3n) is 3.68. The molecule has 1 heterocycles. The fourth-order valence-corrected chi connectivity index (χ4v) is 2.65. The first-order valence-electron chi connectivity index (χ1n) is 6.82. The summed E-state index contributed by atoms with van der Waals surface area (Å²) in [5.41, 5.74) is 0.635. The van der Waals surface area contributed by atoms with Crippen LogP contribution in [0, 0.1) is 0 Å². The number of nitrogens with zero attached hydrogens (tertiary/aromatic N) is 2. The van der Waals surface area contributed by atoms with Gasteiger partial charge in [0.1, 0.15) is 0 Å². The van der Waals surface area contributed by atoms with Crippen LogP contribution in [0.15, 0.2) is 24.3 Å². The fourth-order valence-electron chi connectivity index (χ4n) is 2.41. The van der Waals surface area contributed by atoms with Gasteiger partial charge in [-0.05, 0) is 26.0 Å². The largest absolute Gasteiger partial charge is 0.298 e. The second-order valence-corrected chi connectivity index (χ2v) is 5.72. The van der Waals surface area contributed by atoms with Crippen molar-refractivity contribution in [1.82, 2.24) is 9.80 Å². The van der Waals surface area contributed by atoms with Gasteiger partial charge in [0, 0.05) is 37.8 Å². The van der Waals surface area contributed by atoms with Gasteiger partial charge in [-0.15, -0.1) is 0 Å². The highest BCUT2D eigenvalue weighted by Crippen LogP contribution is 2.16. The predicted octanol–water partition coefficient (Wildman–Crippen LogP) is 2.55. The molecule has 3 nitrogen and oxygen atoms in total. The van der Waals surface area contributed by atoms with E-state index in [2.05, 4.69) is 23.6 Å². The van der Waals surface area contributed by atoms with Crippen molar-refractivity contribution in [3.63, 3.8) is 0 Å². The molecule has 0 spiro atoms. The van der Waals surface area contributed by atoms with Gasteiger partial charge < -0.3 is 0 Å². The van der Waals surface area contributed by atoms with Crippen LogP contribution in [0.4, 0.5) is 0 Å². The first kappa shape index (κ1) is 14.5. The Bertz CT molecular complexity index is 440. The zero-order chi connectivity index (χ0) is 13.8. The lowest BCUT2D eigenvalue weighted by Gasteiger charge is -2.36. The van der Waals surface area contributed by atoms with Crippen LogP contribution in [-0.2, 0) is 0 Å². The molecule has 1 aromatic rings. The summed E-state index contributed by atoms with van der Waals surface area (Å²) < 4.78 is 0. The van der Waals surface area contributed by atoms with E-state index in [-0.39, 0.29) is 5.78 Å². The molecule has 1 saturated heterocycles. The number of hydrogen-bond donors (Lipinski definition) is 0. The Morgan fingerprint density at radius 1 is 1.21 bits per heavy atom. The lowest BCUT2D eigenvalue weighted by Crippen LogP contribution is -2.50. The summed E-state index contributed by atoms with van der Waals surface area (Å²) >= 11 is 6.05. The maximum Gasteiger partial charge on any atom is 0.178 e. The molecule has 1 aliphatic rings. The van der Waals surface area contributed by atoms with Crippen LogP contribution in [0.25, 0.3) is 0 Å². The summed E-state index contributed by atoms with van der Waals surface area (Å²) in [6, 6.07) is 7.86. The Kier molecular flexibility index (Phi) is 4.97. The topological polar surface area (TPSA) is 23.6 Å². The third kappa shape index (κ3) is 3.78. The number of halogens is 1. The smallest absolute Gasteiger partial charge is 0.178 e. The molecule has 0 radical (unpaired) electrons. The molecule has 104 valence electrons. The number of ketones is 1. The van der Waals surface area contributed by atoms with E-state index in [1.165, 1.54) is 0 Å². The lowest BCUT2D eigenvalue weighted by atomic mass is 10.1. The van der Waals surface area contributed by atoms with E-state index in [4.69, 9.17) is 11.6 Å². The molecule has 0 amide bonds. The third-order valence-corrected chi connectivity index (χ3v) is 4.01. The summed E-state index contributed by atoms with van der Waals surface area (Å²) in [6.45, 7) is 8.87. The second-order valence-electron chi connectivity index (χ2n) is 5.31. The molecule has 0 aromatic heterocycles. The molecule has 4 heteroatoms. The standard InChI is InChI=1S/C15H21ClN2O/c1-12(2)18-9-7-17(8-10-18)11-15(19)13-5-3-4-6-14(13)16/h3-6,12H,7-11H2,1-2H3. The van der Waals surface area contributed by atoms with Crippen molar-refractivity contribution in [2.24, 2.45) is 0 Å². The summed E-state index contributed by atoms with van der Waals surface area (Å²) in [4.78, 5) is 16.9. The van der Waals surface area contributed by atoms with Crippen molar-refractivity contribution in [2.75, 3.05) is 32.7 Å². The first-order chi connectivity index (χ1) is 9.08. The van der Waals surface area contributed by atoms with Crippen LogP contribution < -0.4 is 0 Å². The highest BCUT2D eigenvalue weighted by molar-refractivity contribution is 6.34. The Morgan fingerprint density at radius 3 is 2.42 bits per heavy atom. The Hall–Kier alpha value is -0.900. The summed E-state index contributed by atoms with van der Waals surface area (Å²) in [5, 5.41) is 0.549. The number of piperazine rings is 1.